The summed E-state index contributed by atoms with van der Waals surface area (Å²) in [4.78, 5) is 23.9. The zero-order chi connectivity index (χ0) is 19.4. The van der Waals surface area contributed by atoms with Gasteiger partial charge in [0, 0.05) is 40.9 Å². The zero-order valence-corrected chi connectivity index (χ0v) is 16.9. The van der Waals surface area contributed by atoms with Crippen LogP contribution in [0.25, 0.3) is 11.4 Å². The minimum atomic E-state index is 0.00460. The normalized spacial score (nSPS) is 11.1. The number of benzene rings is 1. The Morgan fingerprint density at radius 2 is 1.96 bits per heavy atom. The summed E-state index contributed by atoms with van der Waals surface area (Å²) in [6.07, 6.45) is 0. The summed E-state index contributed by atoms with van der Waals surface area (Å²) in [5.41, 5.74) is 1.40. The SMILES string of the molecule is Cc1nc(-c2cccc(C(=O)N(CCN(C)C)Cc3ccc(C)s3)c2)no1. The van der Waals surface area contributed by atoms with Crippen molar-refractivity contribution in [3.05, 3.63) is 57.6 Å². The number of thiophene rings is 1. The minimum Gasteiger partial charge on any atom is -0.339 e. The topological polar surface area (TPSA) is 62.5 Å². The highest BCUT2D eigenvalue weighted by Gasteiger charge is 2.18. The third-order valence-corrected chi connectivity index (χ3v) is 5.13. The fraction of sp³-hybridized carbons (Fsp3) is 0.350. The van der Waals surface area contributed by atoms with E-state index in [1.54, 1.807) is 18.3 Å². The van der Waals surface area contributed by atoms with E-state index in [1.807, 2.05) is 43.3 Å². The second kappa shape index (κ2) is 8.45. The highest BCUT2D eigenvalue weighted by molar-refractivity contribution is 7.11. The molecule has 0 aliphatic carbocycles. The molecule has 0 radical (unpaired) electrons. The Morgan fingerprint density at radius 1 is 1.15 bits per heavy atom. The number of hydrogen-bond acceptors (Lipinski definition) is 6. The maximum absolute atomic E-state index is 13.2. The second-order valence-electron chi connectivity index (χ2n) is 6.76. The van der Waals surface area contributed by atoms with Crippen LogP contribution in [0.3, 0.4) is 0 Å². The van der Waals surface area contributed by atoms with Crippen LogP contribution in [-0.2, 0) is 6.54 Å². The van der Waals surface area contributed by atoms with Gasteiger partial charge in [0.1, 0.15) is 0 Å². The van der Waals surface area contributed by atoms with Crippen molar-refractivity contribution in [2.75, 3.05) is 27.2 Å². The second-order valence-corrected chi connectivity index (χ2v) is 8.13. The van der Waals surface area contributed by atoms with E-state index in [1.165, 1.54) is 9.75 Å². The number of likely N-dealkylation sites (N-methyl/N-ethyl adjacent to an activating group) is 1. The molecule has 0 saturated heterocycles. The summed E-state index contributed by atoms with van der Waals surface area (Å²) in [6.45, 7) is 5.90. The molecular formula is C20H24N4O2S. The predicted molar refractivity (Wildman–Crippen MR) is 107 cm³/mol. The Morgan fingerprint density at radius 3 is 2.59 bits per heavy atom. The smallest absolute Gasteiger partial charge is 0.254 e. The Hall–Kier alpha value is -2.51. The average Bonchev–Trinajstić information content (AvgIpc) is 3.26. The van der Waals surface area contributed by atoms with Gasteiger partial charge >= 0.3 is 0 Å². The van der Waals surface area contributed by atoms with Gasteiger partial charge in [-0.3, -0.25) is 4.79 Å². The van der Waals surface area contributed by atoms with Gasteiger partial charge in [0.05, 0.1) is 6.54 Å². The maximum Gasteiger partial charge on any atom is 0.254 e. The standard InChI is InChI=1S/C20H24N4O2S/c1-14-8-9-18(27-14)13-24(11-10-23(3)4)20(25)17-7-5-6-16(12-17)19-21-15(2)26-22-19/h5-9,12H,10-11,13H2,1-4H3. The third kappa shape index (κ3) is 5.02. The molecule has 0 saturated carbocycles. The molecule has 0 spiro atoms. The first-order valence-corrected chi connectivity index (χ1v) is 9.64. The summed E-state index contributed by atoms with van der Waals surface area (Å²) in [6, 6.07) is 11.6. The quantitative estimate of drug-likeness (QED) is 0.623. The van der Waals surface area contributed by atoms with Crippen molar-refractivity contribution >= 4 is 17.2 Å². The van der Waals surface area contributed by atoms with Crippen LogP contribution in [0.4, 0.5) is 0 Å². The first kappa shape index (κ1) is 19.3. The molecule has 2 heterocycles. The summed E-state index contributed by atoms with van der Waals surface area (Å²) in [5, 5.41) is 3.95. The van der Waals surface area contributed by atoms with E-state index in [0.717, 1.165) is 12.1 Å². The highest BCUT2D eigenvalue weighted by Crippen LogP contribution is 2.21. The molecule has 142 valence electrons. The Bertz CT molecular complexity index is 916. The van der Waals surface area contributed by atoms with Gasteiger partial charge in [0.2, 0.25) is 11.7 Å². The van der Waals surface area contributed by atoms with E-state index in [-0.39, 0.29) is 5.91 Å². The molecule has 0 fully saturated rings. The highest BCUT2D eigenvalue weighted by atomic mass is 32.1. The molecule has 0 atom stereocenters. The van der Waals surface area contributed by atoms with Gasteiger partial charge in [-0.2, -0.15) is 4.98 Å². The van der Waals surface area contributed by atoms with E-state index < -0.39 is 0 Å². The molecule has 0 N–H and O–H groups in total. The van der Waals surface area contributed by atoms with Gasteiger partial charge < -0.3 is 14.3 Å². The molecule has 3 rings (SSSR count). The van der Waals surface area contributed by atoms with Crippen molar-refractivity contribution in [2.45, 2.75) is 20.4 Å². The third-order valence-electron chi connectivity index (χ3n) is 4.14. The van der Waals surface area contributed by atoms with Crippen molar-refractivity contribution in [1.82, 2.24) is 19.9 Å². The molecular weight excluding hydrogens is 360 g/mol. The van der Waals surface area contributed by atoms with Crippen LogP contribution >= 0.6 is 11.3 Å². The van der Waals surface area contributed by atoms with Crippen LogP contribution in [-0.4, -0.2) is 53.0 Å². The molecule has 0 aliphatic heterocycles. The van der Waals surface area contributed by atoms with E-state index in [4.69, 9.17) is 4.52 Å². The Kier molecular flexibility index (Phi) is 6.03. The lowest BCUT2D eigenvalue weighted by Crippen LogP contribution is -2.36. The molecule has 0 aliphatic rings. The van der Waals surface area contributed by atoms with Crippen LogP contribution in [0.1, 0.15) is 26.0 Å². The summed E-state index contributed by atoms with van der Waals surface area (Å²) in [7, 11) is 4.02. The molecule has 0 bridgehead atoms. The van der Waals surface area contributed by atoms with Gasteiger partial charge in [0.25, 0.3) is 5.91 Å². The minimum absolute atomic E-state index is 0.00460. The van der Waals surface area contributed by atoms with E-state index in [2.05, 4.69) is 34.1 Å². The van der Waals surface area contributed by atoms with Crippen LogP contribution in [0.5, 0.6) is 0 Å². The number of aromatic nitrogens is 2. The number of nitrogens with zero attached hydrogens (tertiary/aromatic N) is 4. The number of carbonyl (C=O) groups excluding carboxylic acids is 1. The average molecular weight is 385 g/mol. The van der Waals surface area contributed by atoms with E-state index in [0.29, 0.717) is 30.4 Å². The number of hydrogen-bond donors (Lipinski definition) is 0. The Balaban J connectivity index is 1.84. The summed E-state index contributed by atoms with van der Waals surface area (Å²) >= 11 is 1.73. The fourth-order valence-corrected chi connectivity index (χ4v) is 3.63. The van der Waals surface area contributed by atoms with Gasteiger partial charge in [-0.05, 0) is 45.3 Å². The summed E-state index contributed by atoms with van der Waals surface area (Å²) in [5.74, 6) is 1.00. The summed E-state index contributed by atoms with van der Waals surface area (Å²) < 4.78 is 5.05. The molecule has 2 aromatic heterocycles. The van der Waals surface area contributed by atoms with Crippen molar-refractivity contribution in [2.24, 2.45) is 0 Å². The lowest BCUT2D eigenvalue weighted by atomic mass is 10.1. The van der Waals surface area contributed by atoms with Crippen molar-refractivity contribution in [3.8, 4) is 11.4 Å². The maximum atomic E-state index is 13.2. The molecule has 6 nitrogen and oxygen atoms in total. The zero-order valence-electron chi connectivity index (χ0n) is 16.1. The lowest BCUT2D eigenvalue weighted by Gasteiger charge is -2.24. The monoisotopic (exact) mass is 384 g/mol. The number of carbonyl (C=O) groups is 1. The van der Waals surface area contributed by atoms with E-state index >= 15 is 0 Å². The largest absolute Gasteiger partial charge is 0.339 e. The molecule has 3 aromatic rings. The molecule has 1 amide bonds. The van der Waals surface area contributed by atoms with Crippen molar-refractivity contribution in [1.29, 1.82) is 0 Å². The van der Waals surface area contributed by atoms with Crippen LogP contribution < -0.4 is 0 Å². The Labute approximate surface area is 163 Å². The molecule has 7 heteroatoms. The first-order chi connectivity index (χ1) is 12.9. The lowest BCUT2D eigenvalue weighted by molar-refractivity contribution is 0.0733. The van der Waals surface area contributed by atoms with E-state index in [9.17, 15) is 4.79 Å². The van der Waals surface area contributed by atoms with Crippen LogP contribution in [0.15, 0.2) is 40.9 Å². The number of aryl methyl sites for hydroxylation is 2. The van der Waals surface area contributed by atoms with Gasteiger partial charge in [-0.1, -0.05) is 17.3 Å². The molecule has 1 aromatic carbocycles. The first-order valence-electron chi connectivity index (χ1n) is 8.82. The van der Waals surface area contributed by atoms with Gasteiger partial charge in [-0.15, -0.1) is 11.3 Å². The fourth-order valence-electron chi connectivity index (χ4n) is 2.72. The molecule has 27 heavy (non-hydrogen) atoms. The molecule has 0 unspecified atom stereocenters. The van der Waals surface area contributed by atoms with Gasteiger partial charge in [0.15, 0.2) is 0 Å². The van der Waals surface area contributed by atoms with Crippen LogP contribution in [0, 0.1) is 13.8 Å². The number of amides is 1. The number of rotatable bonds is 7. The van der Waals surface area contributed by atoms with Crippen LogP contribution in [0.2, 0.25) is 0 Å². The van der Waals surface area contributed by atoms with Gasteiger partial charge in [-0.25, -0.2) is 0 Å². The predicted octanol–water partition coefficient (Wildman–Crippen LogP) is 3.62. The van der Waals surface area contributed by atoms with Crippen molar-refractivity contribution < 1.29 is 9.32 Å². The van der Waals surface area contributed by atoms with Crippen molar-refractivity contribution in [3.63, 3.8) is 0 Å².